The van der Waals surface area contributed by atoms with Gasteiger partial charge >= 0.3 is 0 Å². The van der Waals surface area contributed by atoms with Crippen molar-refractivity contribution < 1.29 is 0 Å². The van der Waals surface area contributed by atoms with Gasteiger partial charge in [-0.25, -0.2) is 0 Å². The first-order chi connectivity index (χ1) is 9.27. The molecule has 98 valence electrons. The Bertz CT molecular complexity index is 605. The molecule has 0 amide bonds. The predicted molar refractivity (Wildman–Crippen MR) is 76.1 cm³/mol. The van der Waals surface area contributed by atoms with Crippen molar-refractivity contribution in [3.8, 4) is 0 Å². The van der Waals surface area contributed by atoms with Gasteiger partial charge in [0.25, 0.3) is 0 Å². The SMILES string of the molecule is CN1N=[C-]N(c2ccccc2Cl)C1c1ccncc1.[Hs]. The molecule has 2 heterocycles. The van der Waals surface area contributed by atoms with Crippen LogP contribution in [-0.4, -0.2) is 23.4 Å². The first kappa shape index (κ1) is 13.4. The summed E-state index contributed by atoms with van der Waals surface area (Å²) in [6.07, 6.45) is 6.48. The van der Waals surface area contributed by atoms with Crippen LogP contribution < -0.4 is 4.90 Å². The third-order valence-electron chi connectivity index (χ3n) is 3.02. The topological polar surface area (TPSA) is 31.7 Å². The van der Waals surface area contributed by atoms with E-state index in [1.807, 2.05) is 53.4 Å². The fourth-order valence-electron chi connectivity index (χ4n) is 2.13. The zero-order valence-corrected chi connectivity index (χ0v) is 18.4. The Hall–Kier alpha value is -3.07. The molecule has 0 saturated heterocycles. The molecule has 0 radical (unpaired) electrons. The number of halogens is 1. The summed E-state index contributed by atoms with van der Waals surface area (Å²) in [4.78, 5) is 5.97. The molecule has 0 bridgehead atoms. The zero-order valence-electron chi connectivity index (χ0n) is 11.1. The largest absolute Gasteiger partial charge is 0.469 e. The molecular weight excluding hydrogens is 529 g/mol. The maximum absolute atomic E-state index is 6.25. The molecule has 3 rings (SSSR count). The third kappa shape index (κ3) is 2.12. The Labute approximate surface area is 116 Å². The molecule has 2 aromatic rings. The van der Waals surface area contributed by atoms with Crippen LogP contribution in [-0.2, 0) is 0 Å². The van der Waals surface area contributed by atoms with Gasteiger partial charge in [-0.1, -0.05) is 23.9 Å². The first-order valence-electron chi connectivity index (χ1n) is 5.90. The second-order valence-electron chi connectivity index (χ2n) is 4.25. The Morgan fingerprint density at radius 1 is 1.15 bits per heavy atom. The fourth-order valence-corrected chi connectivity index (χ4v) is 2.36. The second kappa shape index (κ2) is 5.28. The summed E-state index contributed by atoms with van der Waals surface area (Å²) in [6.45, 7) is 0. The van der Waals surface area contributed by atoms with Crippen molar-refractivity contribution in [1.29, 1.82) is 0 Å². The summed E-state index contributed by atoms with van der Waals surface area (Å²) in [5.74, 6) is 0. The van der Waals surface area contributed by atoms with E-state index in [1.54, 1.807) is 12.4 Å². The Morgan fingerprint density at radius 2 is 1.85 bits per heavy atom. The van der Waals surface area contributed by atoms with E-state index in [1.165, 1.54) is 0 Å². The standard InChI is InChI=1S/C14H12ClN4.Hs/c1-18-14(11-6-8-16-9-7-11)19(10-17-18)13-5-3-2-4-12(13)15;/h2-9,14H,1H3;/q-1;. The van der Waals surface area contributed by atoms with Crippen molar-refractivity contribution in [3.05, 3.63) is 59.4 Å². The molecule has 1 aromatic heterocycles. The monoisotopic (exact) mass is 540 g/mol. The Balaban J connectivity index is 0.00000147. The Morgan fingerprint density at radius 3 is 2.55 bits per heavy atom. The predicted octanol–water partition coefficient (Wildman–Crippen LogP) is 3.01. The van der Waals surface area contributed by atoms with Gasteiger partial charge in [0.05, 0.1) is 0 Å². The number of anilines is 1. The van der Waals surface area contributed by atoms with Gasteiger partial charge in [0, 0.05) is 19.4 Å². The van der Waals surface area contributed by atoms with E-state index in [9.17, 15) is 0 Å². The average Bonchev–Trinajstić information content (AvgIpc) is 2.82. The van der Waals surface area contributed by atoms with Crippen molar-refractivity contribution in [1.82, 2.24) is 9.99 Å². The molecule has 1 atom stereocenters. The molecule has 0 fully saturated rings. The molecule has 0 N–H and O–H groups in total. The van der Waals surface area contributed by atoms with Gasteiger partial charge in [0.15, 0.2) is 0 Å². The van der Waals surface area contributed by atoms with Crippen molar-refractivity contribution in [2.75, 3.05) is 11.9 Å². The Kier molecular flexibility index (Phi) is 3.53. The summed E-state index contributed by atoms with van der Waals surface area (Å²) in [5.41, 5.74) is 1.98. The van der Waals surface area contributed by atoms with E-state index in [4.69, 9.17) is 11.6 Å². The van der Waals surface area contributed by atoms with Crippen LogP contribution in [0.15, 0.2) is 53.9 Å². The van der Waals surface area contributed by atoms with E-state index in [0.29, 0.717) is 5.02 Å². The summed E-state index contributed by atoms with van der Waals surface area (Å²) in [7, 11) is 1.91. The average molecular weight is 541 g/mol. The third-order valence-corrected chi connectivity index (χ3v) is 3.34. The second-order valence-corrected chi connectivity index (χ2v) is 4.66. The van der Waals surface area contributed by atoms with Gasteiger partial charge < -0.3 is 4.90 Å². The molecule has 0 spiro atoms. The normalized spacial score (nSPS) is 17.2. The molecule has 1 aromatic carbocycles. The van der Waals surface area contributed by atoms with E-state index in [0.717, 1.165) is 11.3 Å². The number of hydrogen-bond donors (Lipinski definition) is 0. The van der Waals surface area contributed by atoms with Crippen LogP contribution in [0.4, 0.5) is 5.69 Å². The number of hydrogen-bond acceptors (Lipinski definition) is 4. The van der Waals surface area contributed by atoms with E-state index < -0.39 is 0 Å². The number of rotatable bonds is 2. The van der Waals surface area contributed by atoms with Crippen molar-refractivity contribution in [2.45, 2.75) is 6.17 Å². The van der Waals surface area contributed by atoms with Crippen molar-refractivity contribution in [3.63, 3.8) is 0 Å². The first-order valence-corrected chi connectivity index (χ1v) is 6.28. The smallest absolute Gasteiger partial charge is 0.117 e. The summed E-state index contributed by atoms with van der Waals surface area (Å²) >= 11 is 6.25. The minimum absolute atomic E-state index is 0. The van der Waals surface area contributed by atoms with Gasteiger partial charge in [0.2, 0.25) is 0 Å². The number of aromatic nitrogens is 1. The van der Waals surface area contributed by atoms with E-state index in [2.05, 4.69) is 16.4 Å². The molecule has 1 unspecified atom stereocenters. The molecule has 1 aliphatic rings. The summed E-state index contributed by atoms with van der Waals surface area (Å²) < 4.78 is 0. The maximum Gasteiger partial charge on any atom is 0.117 e. The van der Waals surface area contributed by atoms with Crippen LogP contribution in [0.1, 0.15) is 11.7 Å². The number of nitrogens with zero attached hydrogens (tertiary/aromatic N) is 4. The summed E-state index contributed by atoms with van der Waals surface area (Å²) in [5, 5.41) is 6.75. The van der Waals surface area contributed by atoms with Gasteiger partial charge in [-0.2, -0.15) is 0 Å². The van der Waals surface area contributed by atoms with Crippen LogP contribution >= 0.6 is 11.6 Å². The van der Waals surface area contributed by atoms with Crippen LogP contribution in [0, 0.1) is 0 Å². The molecule has 6 heteroatoms. The van der Waals surface area contributed by atoms with E-state index >= 15 is 0 Å². The summed E-state index contributed by atoms with van der Waals surface area (Å²) in [6, 6.07) is 11.6. The molecule has 20 heavy (non-hydrogen) atoms. The quantitative estimate of drug-likeness (QED) is 0.549. The van der Waals surface area contributed by atoms with Gasteiger partial charge in [0.1, 0.15) is 6.17 Å². The van der Waals surface area contributed by atoms with Crippen LogP contribution in [0.2, 0.25) is 5.02 Å². The minimum Gasteiger partial charge on any atom is -0.469 e. The van der Waals surface area contributed by atoms with Crippen LogP contribution in [0.3, 0.4) is 0 Å². The van der Waals surface area contributed by atoms with Crippen molar-refractivity contribution >= 4 is 23.6 Å². The number of pyridine rings is 1. The van der Waals surface area contributed by atoms with Crippen molar-refractivity contribution in [2.24, 2.45) is 5.10 Å². The van der Waals surface area contributed by atoms with Gasteiger partial charge in [-0.15, -0.1) is 17.7 Å². The molecule has 0 saturated carbocycles. The molecular formula is C14H12ClHsN4-. The van der Waals surface area contributed by atoms with Gasteiger partial charge in [-0.3, -0.25) is 15.1 Å². The van der Waals surface area contributed by atoms with Gasteiger partial charge in [-0.05, 0) is 29.1 Å². The molecule has 0 aliphatic carbocycles. The molecule has 1 aliphatic heterocycles. The molecule has 4 nitrogen and oxygen atoms in total. The number of hydrazone groups is 1. The number of benzene rings is 1. The minimum atomic E-state index is -0.0529. The zero-order chi connectivity index (χ0) is 13.2. The fraction of sp³-hybridized carbons (Fsp3) is 0.143. The number of para-hydroxylation sites is 1. The van der Waals surface area contributed by atoms with E-state index in [-0.39, 0.29) is 6.17 Å². The van der Waals surface area contributed by atoms with Crippen LogP contribution in [0.25, 0.3) is 0 Å². The maximum atomic E-state index is 6.25. The van der Waals surface area contributed by atoms with Crippen LogP contribution in [0.5, 0.6) is 0 Å².